The Morgan fingerprint density at radius 3 is 2.68 bits per heavy atom. The number of carbonyl (C=O) groups is 1. The number of primary amides is 1. The molecule has 9 nitrogen and oxygen atoms in total. The van der Waals surface area contributed by atoms with Gasteiger partial charge in [-0.3, -0.25) is 4.79 Å². The lowest BCUT2D eigenvalue weighted by molar-refractivity contribution is 0.100. The van der Waals surface area contributed by atoms with Crippen molar-refractivity contribution in [3.63, 3.8) is 0 Å². The van der Waals surface area contributed by atoms with Crippen LogP contribution in [0.3, 0.4) is 0 Å². The average molecular weight is 513 g/mol. The number of carbonyl (C=O) groups excluding carboxylic acids is 1. The molecule has 1 atom stereocenters. The average Bonchev–Trinajstić information content (AvgIpc) is 2.71. The minimum absolute atomic E-state index is 0.0901. The molecule has 1 amide bonds. The molecule has 0 bridgehead atoms. The summed E-state index contributed by atoms with van der Waals surface area (Å²) in [6.07, 6.45) is 4.38. The third-order valence-electron chi connectivity index (χ3n) is 4.70. The van der Waals surface area contributed by atoms with E-state index in [4.69, 9.17) is 5.73 Å². The standard InChI is InChI=1S/C18H23BrN6O3S.C2H6/c1-11-5-3-7-14(15(11)16(20)26)23-17-13(19)9-21-18(24-17)22-12-6-4-8-25(10-12)29(2,27)28;1-2/h3,5,7,9,12H,4,6,8,10H2,1-2H3,(H2,20,26)(H2,21,22,23,24);1-2H3/t12-;/m1./s1. The molecule has 170 valence electrons. The highest BCUT2D eigenvalue weighted by Crippen LogP contribution is 2.28. The highest BCUT2D eigenvalue weighted by Gasteiger charge is 2.26. The lowest BCUT2D eigenvalue weighted by Crippen LogP contribution is -2.44. The van der Waals surface area contributed by atoms with Crippen LogP contribution in [-0.4, -0.2) is 54.0 Å². The van der Waals surface area contributed by atoms with E-state index in [1.54, 1.807) is 12.3 Å². The quantitative estimate of drug-likeness (QED) is 0.541. The van der Waals surface area contributed by atoms with Gasteiger partial charge in [0, 0.05) is 25.3 Å². The lowest BCUT2D eigenvalue weighted by Gasteiger charge is -2.31. The summed E-state index contributed by atoms with van der Waals surface area (Å²) >= 11 is 3.41. The van der Waals surface area contributed by atoms with Gasteiger partial charge in [0.15, 0.2) is 0 Å². The number of piperidine rings is 1. The molecule has 11 heteroatoms. The highest BCUT2D eigenvalue weighted by atomic mass is 79.9. The van der Waals surface area contributed by atoms with Crippen molar-refractivity contribution in [2.24, 2.45) is 5.73 Å². The summed E-state index contributed by atoms with van der Waals surface area (Å²) in [6, 6.07) is 5.29. The van der Waals surface area contributed by atoms with Gasteiger partial charge in [-0.25, -0.2) is 17.7 Å². The van der Waals surface area contributed by atoms with E-state index in [0.29, 0.717) is 40.6 Å². The molecule has 3 rings (SSSR count). The van der Waals surface area contributed by atoms with Gasteiger partial charge in [0.05, 0.1) is 22.0 Å². The monoisotopic (exact) mass is 512 g/mol. The highest BCUT2D eigenvalue weighted by molar-refractivity contribution is 9.10. The van der Waals surface area contributed by atoms with Crippen LogP contribution < -0.4 is 16.4 Å². The summed E-state index contributed by atoms with van der Waals surface area (Å²) < 4.78 is 25.7. The number of nitrogens with two attached hydrogens (primary N) is 1. The summed E-state index contributed by atoms with van der Waals surface area (Å²) in [6.45, 7) is 6.70. The van der Waals surface area contributed by atoms with Crippen LogP contribution >= 0.6 is 15.9 Å². The number of benzene rings is 1. The number of amides is 1. The maximum atomic E-state index is 11.8. The molecule has 2 heterocycles. The minimum atomic E-state index is -3.23. The smallest absolute Gasteiger partial charge is 0.251 e. The van der Waals surface area contributed by atoms with E-state index >= 15 is 0 Å². The zero-order valence-corrected chi connectivity index (χ0v) is 20.5. The summed E-state index contributed by atoms with van der Waals surface area (Å²) in [4.78, 5) is 20.6. The van der Waals surface area contributed by atoms with Gasteiger partial charge in [0.2, 0.25) is 16.0 Å². The zero-order valence-electron chi connectivity index (χ0n) is 18.1. The van der Waals surface area contributed by atoms with E-state index in [0.717, 1.165) is 18.4 Å². The molecule has 4 N–H and O–H groups in total. The molecule has 1 fully saturated rings. The van der Waals surface area contributed by atoms with Gasteiger partial charge in [0.1, 0.15) is 5.82 Å². The maximum absolute atomic E-state index is 11.8. The van der Waals surface area contributed by atoms with Crippen molar-refractivity contribution in [1.29, 1.82) is 0 Å². The number of halogens is 1. The molecule has 1 saturated heterocycles. The second-order valence-electron chi connectivity index (χ2n) is 6.98. The fourth-order valence-corrected chi connectivity index (χ4v) is 4.50. The number of aromatic nitrogens is 2. The molecule has 0 radical (unpaired) electrons. The molecule has 0 saturated carbocycles. The van der Waals surface area contributed by atoms with Gasteiger partial charge in [-0.15, -0.1) is 0 Å². The van der Waals surface area contributed by atoms with Crippen molar-refractivity contribution in [1.82, 2.24) is 14.3 Å². The summed E-state index contributed by atoms with van der Waals surface area (Å²) in [5, 5.41) is 6.33. The minimum Gasteiger partial charge on any atom is -0.366 e. The second-order valence-corrected chi connectivity index (χ2v) is 9.82. The Balaban J connectivity index is 0.00000166. The number of aryl methyl sites for hydroxylation is 1. The first kappa shape index (κ1) is 25.0. The molecule has 1 aromatic heterocycles. The summed E-state index contributed by atoms with van der Waals surface area (Å²) in [7, 11) is -3.23. The molecule has 2 aromatic rings. The van der Waals surface area contributed by atoms with Crippen LogP contribution in [0.2, 0.25) is 0 Å². The van der Waals surface area contributed by atoms with Gasteiger partial charge in [-0.2, -0.15) is 4.98 Å². The molecule has 0 aliphatic carbocycles. The second kappa shape index (κ2) is 10.9. The topological polar surface area (TPSA) is 130 Å². The van der Waals surface area contributed by atoms with Crippen molar-refractivity contribution < 1.29 is 13.2 Å². The first-order valence-corrected chi connectivity index (χ1v) is 12.7. The predicted octanol–water partition coefficient (Wildman–Crippen LogP) is 3.25. The SMILES string of the molecule is CC.Cc1cccc(Nc2nc(N[C@@H]3CCCN(S(C)(=O)=O)C3)ncc2Br)c1C(N)=O. The normalized spacial score (nSPS) is 16.7. The van der Waals surface area contributed by atoms with E-state index in [2.05, 4.69) is 36.5 Å². The van der Waals surface area contributed by atoms with Crippen LogP contribution in [0, 0.1) is 6.92 Å². The number of hydrogen-bond acceptors (Lipinski definition) is 7. The van der Waals surface area contributed by atoms with Gasteiger partial charge in [-0.05, 0) is 47.3 Å². The van der Waals surface area contributed by atoms with Crippen molar-refractivity contribution in [2.45, 2.75) is 39.7 Å². The van der Waals surface area contributed by atoms with E-state index in [1.807, 2.05) is 32.9 Å². The molecule has 1 aliphatic rings. The molecular formula is C20H29BrN6O3S. The van der Waals surface area contributed by atoms with Crippen LogP contribution in [0.1, 0.15) is 42.6 Å². The lowest BCUT2D eigenvalue weighted by atomic mass is 10.1. The molecular weight excluding hydrogens is 484 g/mol. The van der Waals surface area contributed by atoms with Crippen LogP contribution in [0.5, 0.6) is 0 Å². The van der Waals surface area contributed by atoms with Gasteiger partial charge in [-0.1, -0.05) is 26.0 Å². The summed E-state index contributed by atoms with van der Waals surface area (Å²) in [5.41, 5.74) is 7.22. The Labute approximate surface area is 192 Å². The van der Waals surface area contributed by atoms with Crippen LogP contribution in [-0.2, 0) is 10.0 Å². The predicted molar refractivity (Wildman–Crippen MR) is 127 cm³/mol. The Morgan fingerprint density at radius 1 is 1.32 bits per heavy atom. The third kappa shape index (κ3) is 6.62. The number of sulfonamides is 1. The number of anilines is 3. The Hall–Kier alpha value is -2.24. The van der Waals surface area contributed by atoms with Crippen molar-refractivity contribution in [2.75, 3.05) is 30.0 Å². The Kier molecular flexibility index (Phi) is 8.78. The first-order chi connectivity index (χ1) is 14.6. The fourth-order valence-electron chi connectivity index (χ4n) is 3.29. The van der Waals surface area contributed by atoms with Crippen LogP contribution in [0.25, 0.3) is 0 Å². The zero-order chi connectivity index (χ0) is 23.2. The fraction of sp³-hybridized carbons (Fsp3) is 0.450. The Morgan fingerprint density at radius 2 is 2.03 bits per heavy atom. The molecule has 0 spiro atoms. The van der Waals surface area contributed by atoms with E-state index in [9.17, 15) is 13.2 Å². The molecule has 0 unspecified atom stereocenters. The van der Waals surface area contributed by atoms with Crippen molar-refractivity contribution >= 4 is 49.3 Å². The Bertz CT molecular complexity index is 1030. The van der Waals surface area contributed by atoms with Gasteiger partial charge < -0.3 is 16.4 Å². The molecule has 1 aromatic carbocycles. The number of rotatable bonds is 6. The largest absolute Gasteiger partial charge is 0.366 e. The number of hydrogen-bond donors (Lipinski definition) is 3. The third-order valence-corrected chi connectivity index (χ3v) is 6.55. The molecule has 31 heavy (non-hydrogen) atoms. The summed E-state index contributed by atoms with van der Waals surface area (Å²) in [5.74, 6) is 0.299. The van der Waals surface area contributed by atoms with Gasteiger partial charge >= 0.3 is 0 Å². The van der Waals surface area contributed by atoms with Crippen molar-refractivity contribution in [3.05, 3.63) is 40.0 Å². The van der Waals surface area contributed by atoms with Crippen molar-refractivity contribution in [3.8, 4) is 0 Å². The number of nitrogens with zero attached hydrogens (tertiary/aromatic N) is 3. The van der Waals surface area contributed by atoms with Gasteiger partial charge in [0.25, 0.3) is 5.91 Å². The van der Waals surface area contributed by atoms with Crippen LogP contribution in [0.15, 0.2) is 28.9 Å². The number of nitrogens with one attached hydrogen (secondary N) is 2. The van der Waals surface area contributed by atoms with E-state index in [-0.39, 0.29) is 6.04 Å². The first-order valence-electron chi connectivity index (χ1n) is 10.1. The van der Waals surface area contributed by atoms with Crippen LogP contribution in [0.4, 0.5) is 17.5 Å². The van der Waals surface area contributed by atoms with E-state index in [1.165, 1.54) is 10.6 Å². The maximum Gasteiger partial charge on any atom is 0.251 e. The van der Waals surface area contributed by atoms with E-state index < -0.39 is 15.9 Å². The molecule has 1 aliphatic heterocycles.